The van der Waals surface area contributed by atoms with Crippen LogP contribution >= 0.6 is 22.9 Å². The number of ether oxygens (including phenoxy) is 2. The van der Waals surface area contributed by atoms with E-state index in [1.54, 1.807) is 12.1 Å². The van der Waals surface area contributed by atoms with E-state index in [0.29, 0.717) is 16.3 Å². The molecule has 0 unspecified atom stereocenters. The van der Waals surface area contributed by atoms with Crippen molar-refractivity contribution in [3.63, 3.8) is 0 Å². The molecule has 0 bridgehead atoms. The highest BCUT2D eigenvalue weighted by Gasteiger charge is 2.34. The van der Waals surface area contributed by atoms with Gasteiger partial charge in [0.2, 0.25) is 5.82 Å². The molecule has 0 N–H and O–H groups in total. The Morgan fingerprint density at radius 2 is 2.04 bits per heavy atom. The van der Waals surface area contributed by atoms with Crippen LogP contribution < -0.4 is 4.74 Å². The standard InChI is InChI=1S/C18H14ClF3N2O3S/c1-9-11(6-23-17(24-9)18(20,21)22)7-27-12-4-13(19)16-10(3-15(25)26-2)8-28-14(16)5-12/h4-6,8H,3,7H2,1-2H3. The summed E-state index contributed by atoms with van der Waals surface area (Å²) in [6, 6.07) is 3.35. The molecule has 0 aliphatic heterocycles. The number of esters is 1. The van der Waals surface area contributed by atoms with Crippen molar-refractivity contribution in [1.82, 2.24) is 9.97 Å². The van der Waals surface area contributed by atoms with Gasteiger partial charge in [0.25, 0.3) is 0 Å². The van der Waals surface area contributed by atoms with E-state index in [1.807, 2.05) is 5.38 Å². The van der Waals surface area contributed by atoms with Gasteiger partial charge in [0.15, 0.2) is 0 Å². The van der Waals surface area contributed by atoms with Gasteiger partial charge in [-0.15, -0.1) is 11.3 Å². The van der Waals surface area contributed by atoms with E-state index in [-0.39, 0.29) is 24.7 Å². The second kappa shape index (κ2) is 7.92. The molecule has 5 nitrogen and oxygen atoms in total. The fourth-order valence-electron chi connectivity index (χ4n) is 2.53. The number of nitrogens with zero attached hydrogens (tertiary/aromatic N) is 2. The van der Waals surface area contributed by atoms with Gasteiger partial charge in [-0.2, -0.15) is 13.2 Å². The molecule has 148 valence electrons. The minimum Gasteiger partial charge on any atom is -0.489 e. The Hall–Kier alpha value is -2.39. The first kappa shape index (κ1) is 20.3. The number of hydrogen-bond acceptors (Lipinski definition) is 6. The summed E-state index contributed by atoms with van der Waals surface area (Å²) in [5.41, 5.74) is 1.38. The Morgan fingerprint density at radius 3 is 2.68 bits per heavy atom. The number of aryl methyl sites for hydroxylation is 1. The molecule has 0 radical (unpaired) electrons. The molecule has 3 rings (SSSR count). The lowest BCUT2D eigenvalue weighted by atomic mass is 10.1. The number of methoxy groups -OCH3 is 1. The van der Waals surface area contributed by atoms with E-state index >= 15 is 0 Å². The SMILES string of the molecule is COC(=O)Cc1csc2cc(OCc3cnc(C(F)(F)F)nc3C)cc(Cl)c12. The zero-order valence-electron chi connectivity index (χ0n) is 14.8. The van der Waals surface area contributed by atoms with Crippen molar-refractivity contribution in [1.29, 1.82) is 0 Å². The van der Waals surface area contributed by atoms with Gasteiger partial charge in [-0.3, -0.25) is 4.79 Å². The number of thiophene rings is 1. The number of benzene rings is 1. The number of hydrogen-bond donors (Lipinski definition) is 0. The van der Waals surface area contributed by atoms with Crippen LogP contribution in [0.4, 0.5) is 13.2 Å². The molecule has 0 amide bonds. The molecule has 0 saturated carbocycles. The topological polar surface area (TPSA) is 61.3 Å². The van der Waals surface area contributed by atoms with Crippen molar-refractivity contribution in [2.45, 2.75) is 26.1 Å². The van der Waals surface area contributed by atoms with Gasteiger partial charge in [0.05, 0.1) is 18.6 Å². The van der Waals surface area contributed by atoms with E-state index < -0.39 is 12.0 Å². The molecule has 0 saturated heterocycles. The zero-order valence-corrected chi connectivity index (χ0v) is 16.3. The second-order valence-electron chi connectivity index (χ2n) is 5.88. The van der Waals surface area contributed by atoms with Crippen LogP contribution in [0.25, 0.3) is 10.1 Å². The number of carbonyl (C=O) groups is 1. The Kier molecular flexibility index (Phi) is 5.76. The minimum absolute atomic E-state index is 0.00774. The van der Waals surface area contributed by atoms with Gasteiger partial charge in [-0.25, -0.2) is 9.97 Å². The third kappa shape index (κ3) is 4.36. The fraction of sp³-hybridized carbons (Fsp3) is 0.278. The lowest BCUT2D eigenvalue weighted by Crippen LogP contribution is -2.13. The normalized spacial score (nSPS) is 11.6. The molecule has 0 fully saturated rings. The summed E-state index contributed by atoms with van der Waals surface area (Å²) in [5, 5.41) is 2.98. The van der Waals surface area contributed by atoms with E-state index in [9.17, 15) is 18.0 Å². The average Bonchev–Trinajstić information content (AvgIpc) is 3.03. The van der Waals surface area contributed by atoms with E-state index in [4.69, 9.17) is 16.3 Å². The van der Waals surface area contributed by atoms with Crippen molar-refractivity contribution >= 4 is 39.0 Å². The van der Waals surface area contributed by atoms with Crippen LogP contribution in [-0.4, -0.2) is 23.0 Å². The van der Waals surface area contributed by atoms with Gasteiger partial charge < -0.3 is 9.47 Å². The molecular weight excluding hydrogens is 417 g/mol. The average molecular weight is 431 g/mol. The molecule has 2 heterocycles. The van der Waals surface area contributed by atoms with Crippen LogP contribution in [0.2, 0.25) is 5.02 Å². The van der Waals surface area contributed by atoms with E-state index in [1.165, 1.54) is 25.4 Å². The van der Waals surface area contributed by atoms with Crippen LogP contribution in [0.1, 0.15) is 22.6 Å². The van der Waals surface area contributed by atoms with Crippen molar-refractivity contribution in [2.75, 3.05) is 7.11 Å². The summed E-state index contributed by atoms with van der Waals surface area (Å²) < 4.78 is 49.1. The molecule has 0 aliphatic carbocycles. The van der Waals surface area contributed by atoms with Crippen molar-refractivity contribution in [2.24, 2.45) is 0 Å². The molecule has 10 heteroatoms. The fourth-order valence-corrected chi connectivity index (χ4v) is 3.93. The van der Waals surface area contributed by atoms with Crippen LogP contribution in [0.15, 0.2) is 23.7 Å². The molecule has 0 spiro atoms. The maximum Gasteiger partial charge on any atom is 0.451 e. The highest BCUT2D eigenvalue weighted by atomic mass is 35.5. The Labute approximate surface area is 167 Å². The maximum absolute atomic E-state index is 12.6. The summed E-state index contributed by atoms with van der Waals surface area (Å²) in [5.74, 6) is -1.10. The van der Waals surface area contributed by atoms with Gasteiger partial charge >= 0.3 is 12.1 Å². The summed E-state index contributed by atoms with van der Waals surface area (Å²) in [7, 11) is 1.32. The predicted octanol–water partition coefficient (Wildman–Crippen LogP) is 4.97. The molecule has 2 aromatic heterocycles. The third-order valence-electron chi connectivity index (χ3n) is 3.97. The summed E-state index contributed by atoms with van der Waals surface area (Å²) in [4.78, 5) is 18.3. The molecule has 0 atom stereocenters. The Morgan fingerprint density at radius 1 is 1.29 bits per heavy atom. The van der Waals surface area contributed by atoms with Crippen molar-refractivity contribution < 1.29 is 27.4 Å². The predicted molar refractivity (Wildman–Crippen MR) is 98.7 cm³/mol. The molecule has 0 aliphatic rings. The van der Waals surface area contributed by atoms with E-state index in [0.717, 1.165) is 21.8 Å². The first-order valence-electron chi connectivity index (χ1n) is 7.98. The number of rotatable bonds is 5. The highest BCUT2D eigenvalue weighted by molar-refractivity contribution is 7.17. The number of carbonyl (C=O) groups excluding carboxylic acids is 1. The maximum atomic E-state index is 12.6. The summed E-state index contributed by atoms with van der Waals surface area (Å²) in [6.45, 7) is 1.45. The van der Waals surface area contributed by atoms with Crippen molar-refractivity contribution in [3.8, 4) is 5.75 Å². The van der Waals surface area contributed by atoms with Crippen molar-refractivity contribution in [3.05, 3.63) is 51.4 Å². The lowest BCUT2D eigenvalue weighted by molar-refractivity contribution is -0.145. The Balaban J connectivity index is 1.79. The quantitative estimate of drug-likeness (QED) is 0.535. The largest absolute Gasteiger partial charge is 0.489 e. The van der Waals surface area contributed by atoms with Crippen LogP contribution in [0, 0.1) is 6.92 Å². The summed E-state index contributed by atoms with van der Waals surface area (Å²) in [6.07, 6.45) is -3.38. The van der Waals surface area contributed by atoms with Gasteiger partial charge in [0.1, 0.15) is 12.4 Å². The van der Waals surface area contributed by atoms with Gasteiger partial charge in [-0.05, 0) is 30.0 Å². The molecule has 3 aromatic rings. The molecule has 1 aromatic carbocycles. The van der Waals surface area contributed by atoms with Crippen LogP contribution in [-0.2, 0) is 28.7 Å². The second-order valence-corrected chi connectivity index (χ2v) is 7.20. The van der Waals surface area contributed by atoms with Crippen LogP contribution in [0.5, 0.6) is 5.75 Å². The lowest BCUT2D eigenvalue weighted by Gasteiger charge is -2.11. The number of alkyl halides is 3. The summed E-state index contributed by atoms with van der Waals surface area (Å²) >= 11 is 7.75. The number of fused-ring (bicyclic) bond motifs is 1. The molecular formula is C18H14ClF3N2O3S. The third-order valence-corrected chi connectivity index (χ3v) is 5.24. The number of aromatic nitrogens is 2. The zero-order chi connectivity index (χ0) is 20.5. The first-order chi connectivity index (χ1) is 13.2. The highest BCUT2D eigenvalue weighted by Crippen LogP contribution is 2.36. The smallest absolute Gasteiger partial charge is 0.451 e. The monoisotopic (exact) mass is 430 g/mol. The van der Waals surface area contributed by atoms with Crippen LogP contribution in [0.3, 0.4) is 0 Å². The van der Waals surface area contributed by atoms with E-state index in [2.05, 4.69) is 14.7 Å². The van der Waals surface area contributed by atoms with Gasteiger partial charge in [0, 0.05) is 27.5 Å². The minimum atomic E-state index is -4.59. The molecule has 28 heavy (non-hydrogen) atoms. The van der Waals surface area contributed by atoms with Gasteiger partial charge in [-0.1, -0.05) is 11.6 Å². The Bertz CT molecular complexity index is 1040. The first-order valence-corrected chi connectivity index (χ1v) is 9.23. The number of halogens is 4.